The molecule has 30 heavy (non-hydrogen) atoms. The number of fused-ring (bicyclic) bond motifs is 1. The molecule has 0 saturated carbocycles. The van der Waals surface area contributed by atoms with Gasteiger partial charge in [0.2, 0.25) is 0 Å². The molecule has 0 bridgehead atoms. The number of hydrogen-bond acceptors (Lipinski definition) is 6. The van der Waals surface area contributed by atoms with Crippen LogP contribution in [0.4, 0.5) is 19.0 Å². The summed E-state index contributed by atoms with van der Waals surface area (Å²) in [6, 6.07) is 11.7. The highest BCUT2D eigenvalue weighted by Gasteiger charge is 2.39. The highest BCUT2D eigenvalue weighted by molar-refractivity contribution is 5.47. The van der Waals surface area contributed by atoms with Crippen molar-refractivity contribution < 1.29 is 18.3 Å². The van der Waals surface area contributed by atoms with Crippen LogP contribution < -0.4 is 4.90 Å². The van der Waals surface area contributed by atoms with E-state index in [2.05, 4.69) is 20.0 Å². The Balaban J connectivity index is 1.53. The third-order valence-corrected chi connectivity index (χ3v) is 5.26. The SMILES string of the molecule is Cc1cc(N(C)CC2(O)CCN(Cc3ccccc3)C2)n2nc(C(F)(F)F)nc2n1. The van der Waals surface area contributed by atoms with Gasteiger partial charge in [-0.05, 0) is 18.9 Å². The van der Waals surface area contributed by atoms with E-state index in [0.717, 1.165) is 17.6 Å². The molecule has 1 fully saturated rings. The Labute approximate surface area is 171 Å². The van der Waals surface area contributed by atoms with Gasteiger partial charge in [0, 0.05) is 45.0 Å². The van der Waals surface area contributed by atoms with Crippen LogP contribution in [0, 0.1) is 6.92 Å². The van der Waals surface area contributed by atoms with Crippen LogP contribution in [0.25, 0.3) is 5.78 Å². The quantitative estimate of drug-likeness (QED) is 0.684. The molecule has 0 aliphatic carbocycles. The van der Waals surface area contributed by atoms with Crippen molar-refractivity contribution >= 4 is 11.6 Å². The summed E-state index contributed by atoms with van der Waals surface area (Å²) in [5.41, 5.74) is 0.707. The fraction of sp³-hybridized carbons (Fsp3) is 0.450. The molecule has 1 aliphatic rings. The molecule has 1 saturated heterocycles. The number of aryl methyl sites for hydroxylation is 1. The predicted octanol–water partition coefficient (Wildman–Crippen LogP) is 2.52. The van der Waals surface area contributed by atoms with Gasteiger partial charge < -0.3 is 10.0 Å². The van der Waals surface area contributed by atoms with Crippen molar-refractivity contribution in [3.8, 4) is 0 Å². The standard InChI is InChI=1S/C20H23F3N6O/c1-14-10-16(29-18(24-14)25-17(26-29)20(21,22)23)27(2)12-19(30)8-9-28(13-19)11-15-6-4-3-5-7-15/h3-7,10,30H,8-9,11-13H2,1-2H3. The van der Waals surface area contributed by atoms with Crippen LogP contribution in [0.1, 0.15) is 23.5 Å². The minimum atomic E-state index is -4.65. The smallest absolute Gasteiger partial charge is 0.387 e. The molecule has 10 heteroatoms. The molecule has 7 nitrogen and oxygen atoms in total. The lowest BCUT2D eigenvalue weighted by molar-refractivity contribution is -0.144. The van der Waals surface area contributed by atoms with Crippen molar-refractivity contribution in [2.45, 2.75) is 31.7 Å². The van der Waals surface area contributed by atoms with Crippen LogP contribution in [0.2, 0.25) is 0 Å². The number of β-amino-alcohol motifs (C(OH)–C–C–N with tert-alkyl or cyclic N) is 1. The number of likely N-dealkylation sites (tertiary alicyclic amines) is 1. The van der Waals surface area contributed by atoms with E-state index in [1.165, 1.54) is 5.56 Å². The largest absolute Gasteiger partial charge is 0.453 e. The summed E-state index contributed by atoms with van der Waals surface area (Å²) < 4.78 is 40.2. The van der Waals surface area contributed by atoms with E-state index in [1.807, 2.05) is 30.3 Å². The Bertz CT molecular complexity index is 1040. The maximum atomic E-state index is 13.0. The number of rotatable bonds is 5. The lowest BCUT2D eigenvalue weighted by Crippen LogP contribution is -2.44. The molecule has 0 radical (unpaired) electrons. The fourth-order valence-electron chi connectivity index (χ4n) is 3.93. The van der Waals surface area contributed by atoms with Crippen molar-refractivity contribution in [2.24, 2.45) is 0 Å². The molecule has 1 unspecified atom stereocenters. The maximum Gasteiger partial charge on any atom is 0.453 e. The fourth-order valence-corrected chi connectivity index (χ4v) is 3.93. The lowest BCUT2D eigenvalue weighted by atomic mass is 10.0. The molecule has 1 N–H and O–H groups in total. The van der Waals surface area contributed by atoms with Crippen LogP contribution >= 0.6 is 0 Å². The zero-order chi connectivity index (χ0) is 21.5. The first-order valence-electron chi connectivity index (χ1n) is 9.64. The van der Waals surface area contributed by atoms with Gasteiger partial charge in [-0.15, -0.1) is 5.10 Å². The lowest BCUT2D eigenvalue weighted by Gasteiger charge is -2.30. The molecular formula is C20H23F3N6O. The molecule has 0 spiro atoms. The summed E-state index contributed by atoms with van der Waals surface area (Å²) >= 11 is 0. The van der Waals surface area contributed by atoms with Crippen molar-refractivity contribution in [1.82, 2.24) is 24.5 Å². The van der Waals surface area contributed by atoms with Crippen molar-refractivity contribution in [3.63, 3.8) is 0 Å². The van der Waals surface area contributed by atoms with Crippen LogP contribution in [0.15, 0.2) is 36.4 Å². The number of likely N-dealkylation sites (N-methyl/N-ethyl adjacent to an activating group) is 1. The topological polar surface area (TPSA) is 69.8 Å². The van der Waals surface area contributed by atoms with Crippen molar-refractivity contribution in [2.75, 3.05) is 31.6 Å². The van der Waals surface area contributed by atoms with Crippen LogP contribution in [-0.2, 0) is 12.7 Å². The van der Waals surface area contributed by atoms with Gasteiger partial charge in [0.1, 0.15) is 5.82 Å². The molecule has 3 heterocycles. The number of alkyl halides is 3. The number of aromatic nitrogens is 4. The van der Waals surface area contributed by atoms with Gasteiger partial charge in [0.05, 0.1) is 5.60 Å². The van der Waals surface area contributed by atoms with Gasteiger partial charge >= 0.3 is 6.18 Å². The second kappa shape index (κ2) is 7.51. The summed E-state index contributed by atoms with van der Waals surface area (Å²) in [6.45, 7) is 3.89. The first-order chi connectivity index (χ1) is 14.1. The van der Waals surface area contributed by atoms with Crippen LogP contribution in [-0.4, -0.2) is 61.9 Å². The number of benzene rings is 1. The highest BCUT2D eigenvalue weighted by atomic mass is 19.4. The molecule has 0 amide bonds. The Hall–Kier alpha value is -2.72. The molecule has 1 aliphatic heterocycles. The normalized spacial score (nSPS) is 20.2. The highest BCUT2D eigenvalue weighted by Crippen LogP contribution is 2.29. The van der Waals surface area contributed by atoms with E-state index in [4.69, 9.17) is 0 Å². The van der Waals surface area contributed by atoms with Gasteiger partial charge in [0.15, 0.2) is 0 Å². The van der Waals surface area contributed by atoms with E-state index < -0.39 is 17.6 Å². The van der Waals surface area contributed by atoms with E-state index >= 15 is 0 Å². The molecule has 1 atom stereocenters. The number of hydrogen-bond donors (Lipinski definition) is 1. The van der Waals surface area contributed by atoms with Gasteiger partial charge in [-0.25, -0.2) is 4.98 Å². The first kappa shape index (κ1) is 20.5. The van der Waals surface area contributed by atoms with Crippen molar-refractivity contribution in [3.05, 3.63) is 53.5 Å². The second-order valence-corrected chi connectivity index (χ2v) is 7.93. The van der Waals surface area contributed by atoms with Gasteiger partial charge in [-0.1, -0.05) is 30.3 Å². The van der Waals surface area contributed by atoms with E-state index in [0.29, 0.717) is 24.5 Å². The predicted molar refractivity (Wildman–Crippen MR) is 105 cm³/mol. The van der Waals surface area contributed by atoms with E-state index in [1.54, 1.807) is 24.9 Å². The van der Waals surface area contributed by atoms with Crippen molar-refractivity contribution in [1.29, 1.82) is 0 Å². The summed E-state index contributed by atoms with van der Waals surface area (Å²) in [4.78, 5) is 11.5. The minimum absolute atomic E-state index is 0.117. The second-order valence-electron chi connectivity index (χ2n) is 7.93. The Kier molecular flexibility index (Phi) is 5.15. The molecule has 2 aromatic heterocycles. The molecule has 4 rings (SSSR count). The Morgan fingerprint density at radius 3 is 2.63 bits per heavy atom. The monoisotopic (exact) mass is 420 g/mol. The first-order valence-corrected chi connectivity index (χ1v) is 9.64. The third-order valence-electron chi connectivity index (χ3n) is 5.26. The summed E-state index contributed by atoms with van der Waals surface area (Å²) in [5.74, 6) is -0.951. The average Bonchev–Trinajstić information content (AvgIpc) is 3.25. The molecule has 160 valence electrons. The number of halogens is 3. The van der Waals surface area contributed by atoms with E-state index in [-0.39, 0.29) is 12.3 Å². The maximum absolute atomic E-state index is 13.0. The Morgan fingerprint density at radius 1 is 1.20 bits per heavy atom. The number of anilines is 1. The van der Waals surface area contributed by atoms with Gasteiger partial charge in [0.25, 0.3) is 11.6 Å². The zero-order valence-corrected chi connectivity index (χ0v) is 16.8. The van der Waals surface area contributed by atoms with Crippen LogP contribution in [0.3, 0.4) is 0 Å². The van der Waals surface area contributed by atoms with Crippen LogP contribution in [0.5, 0.6) is 0 Å². The summed E-state index contributed by atoms with van der Waals surface area (Å²) in [5, 5.41) is 14.7. The summed E-state index contributed by atoms with van der Waals surface area (Å²) in [7, 11) is 1.72. The third kappa shape index (κ3) is 4.24. The zero-order valence-electron chi connectivity index (χ0n) is 16.8. The van der Waals surface area contributed by atoms with Gasteiger partial charge in [-0.3, -0.25) is 4.90 Å². The Morgan fingerprint density at radius 2 is 1.93 bits per heavy atom. The van der Waals surface area contributed by atoms with E-state index in [9.17, 15) is 18.3 Å². The minimum Gasteiger partial charge on any atom is -0.387 e. The summed E-state index contributed by atoms with van der Waals surface area (Å²) in [6.07, 6.45) is -4.08. The average molecular weight is 420 g/mol. The van der Waals surface area contributed by atoms with Gasteiger partial charge in [-0.2, -0.15) is 22.7 Å². The molecule has 1 aromatic carbocycles. The number of nitrogens with zero attached hydrogens (tertiary/aromatic N) is 6. The molecule has 3 aromatic rings. The number of aliphatic hydroxyl groups is 1. The molecular weight excluding hydrogens is 397 g/mol.